The molecule has 8 nitrogen and oxygen atoms in total. The summed E-state index contributed by atoms with van der Waals surface area (Å²) in [7, 11) is -2.71. The quantitative estimate of drug-likeness (QED) is 0.259. The first-order valence-corrected chi connectivity index (χ1v) is 15.5. The van der Waals surface area contributed by atoms with E-state index in [1.54, 1.807) is 61.5 Å². The third-order valence-electron chi connectivity index (χ3n) is 6.50. The summed E-state index contributed by atoms with van der Waals surface area (Å²) in [5.41, 5.74) is 1.78. The van der Waals surface area contributed by atoms with Gasteiger partial charge in [0.15, 0.2) is 0 Å². The molecule has 0 aliphatic carbocycles. The first-order chi connectivity index (χ1) is 19.5. The van der Waals surface area contributed by atoms with Gasteiger partial charge in [0.2, 0.25) is 11.8 Å². The maximum absolute atomic E-state index is 14.1. The van der Waals surface area contributed by atoms with E-state index >= 15 is 0 Å². The van der Waals surface area contributed by atoms with E-state index in [0.29, 0.717) is 34.3 Å². The van der Waals surface area contributed by atoms with E-state index < -0.39 is 28.5 Å². The fourth-order valence-corrected chi connectivity index (χ4v) is 5.98. The number of sulfonamides is 1. The van der Waals surface area contributed by atoms with Gasteiger partial charge in [-0.05, 0) is 61.7 Å². The number of halogens is 2. The highest BCUT2D eigenvalue weighted by Gasteiger charge is 2.33. The molecule has 0 bridgehead atoms. The molecule has 0 aromatic heterocycles. The van der Waals surface area contributed by atoms with Crippen LogP contribution in [0.5, 0.6) is 5.75 Å². The zero-order chi connectivity index (χ0) is 30.2. The van der Waals surface area contributed by atoms with Gasteiger partial charge in [-0.1, -0.05) is 66.9 Å². The number of nitrogens with zero attached hydrogens (tertiary/aromatic N) is 2. The van der Waals surface area contributed by atoms with Crippen LogP contribution in [-0.2, 0) is 26.2 Å². The lowest BCUT2D eigenvalue weighted by molar-refractivity contribution is -0.140. The van der Waals surface area contributed by atoms with Gasteiger partial charge in [-0.25, -0.2) is 8.42 Å². The first kappa shape index (κ1) is 32.2. The maximum atomic E-state index is 14.1. The molecule has 3 rings (SSSR count). The number of hydrogen-bond donors (Lipinski definition) is 1. The number of carbonyl (C=O) groups excluding carboxylic acids is 2. The van der Waals surface area contributed by atoms with Crippen molar-refractivity contribution in [3.63, 3.8) is 0 Å². The van der Waals surface area contributed by atoms with Gasteiger partial charge in [-0.3, -0.25) is 13.9 Å². The molecule has 0 heterocycles. The monoisotopic (exact) mass is 619 g/mol. The van der Waals surface area contributed by atoms with Crippen molar-refractivity contribution < 1.29 is 22.7 Å². The molecule has 0 unspecified atom stereocenters. The van der Waals surface area contributed by atoms with Crippen LogP contribution in [0.3, 0.4) is 0 Å². The summed E-state index contributed by atoms with van der Waals surface area (Å²) in [4.78, 5) is 28.7. The molecule has 0 saturated carbocycles. The predicted molar refractivity (Wildman–Crippen MR) is 163 cm³/mol. The van der Waals surface area contributed by atoms with Gasteiger partial charge in [0.25, 0.3) is 10.0 Å². The third kappa shape index (κ3) is 8.15. The summed E-state index contributed by atoms with van der Waals surface area (Å²) in [6.07, 6.45) is 1.04. The minimum atomic E-state index is -4.19. The molecule has 0 aliphatic heterocycles. The van der Waals surface area contributed by atoms with Crippen LogP contribution >= 0.6 is 23.2 Å². The predicted octanol–water partition coefficient (Wildman–Crippen LogP) is 5.84. The fraction of sp³-hybridized carbons (Fsp3) is 0.333. The molecule has 0 aliphatic rings. The highest BCUT2D eigenvalue weighted by molar-refractivity contribution is 7.92. The first-order valence-electron chi connectivity index (χ1n) is 13.3. The van der Waals surface area contributed by atoms with Crippen LogP contribution in [-0.4, -0.2) is 51.4 Å². The molecule has 220 valence electrons. The number of ether oxygens (including phenoxy) is 1. The van der Waals surface area contributed by atoms with Crippen LogP contribution in [0.4, 0.5) is 5.69 Å². The van der Waals surface area contributed by atoms with Gasteiger partial charge in [-0.15, -0.1) is 0 Å². The van der Waals surface area contributed by atoms with E-state index in [1.807, 2.05) is 13.8 Å². The van der Waals surface area contributed by atoms with E-state index in [4.69, 9.17) is 27.9 Å². The number of hydrogen-bond acceptors (Lipinski definition) is 5. The number of aryl methyl sites for hydroxylation is 1. The smallest absolute Gasteiger partial charge is 0.264 e. The standard InChI is InChI=1S/C30H35Cl2N3O5S/c1-5-16-33-30(37)28(6-2)34(19-22-12-15-26(31)27(32)17-22)29(36)20-35(23-8-7-9-24(18-23)40-4)41(38,39)25-13-10-21(3)11-14-25/h7-15,17-18,28H,5-6,16,19-20H2,1-4H3,(H,33,37)/t28-/m1/s1. The summed E-state index contributed by atoms with van der Waals surface area (Å²) < 4.78 is 34.3. The van der Waals surface area contributed by atoms with Gasteiger partial charge in [0.1, 0.15) is 18.3 Å². The molecule has 1 N–H and O–H groups in total. The molecule has 0 radical (unpaired) electrons. The summed E-state index contributed by atoms with van der Waals surface area (Å²) >= 11 is 12.3. The Morgan fingerprint density at radius 3 is 2.29 bits per heavy atom. The van der Waals surface area contributed by atoms with Crippen molar-refractivity contribution in [3.05, 3.63) is 87.9 Å². The lowest BCUT2D eigenvalue weighted by Crippen LogP contribution is -2.52. The van der Waals surface area contributed by atoms with Crippen molar-refractivity contribution in [2.45, 2.75) is 51.1 Å². The van der Waals surface area contributed by atoms with Crippen molar-refractivity contribution in [1.29, 1.82) is 0 Å². The molecule has 41 heavy (non-hydrogen) atoms. The van der Waals surface area contributed by atoms with Gasteiger partial charge < -0.3 is 15.0 Å². The third-order valence-corrected chi connectivity index (χ3v) is 9.03. The van der Waals surface area contributed by atoms with Crippen LogP contribution < -0.4 is 14.4 Å². The van der Waals surface area contributed by atoms with Crippen molar-refractivity contribution in [3.8, 4) is 5.75 Å². The summed E-state index contributed by atoms with van der Waals surface area (Å²) in [5, 5.41) is 3.52. The zero-order valence-electron chi connectivity index (χ0n) is 23.6. The molecular weight excluding hydrogens is 585 g/mol. The molecule has 2 amide bonds. The van der Waals surface area contributed by atoms with E-state index in [2.05, 4.69) is 5.32 Å². The van der Waals surface area contributed by atoms with Crippen LogP contribution in [0.15, 0.2) is 71.6 Å². The largest absolute Gasteiger partial charge is 0.497 e. The minimum Gasteiger partial charge on any atom is -0.497 e. The Bertz CT molecular complexity index is 1470. The SMILES string of the molecule is CCCNC(=O)[C@@H](CC)N(Cc1ccc(Cl)c(Cl)c1)C(=O)CN(c1cccc(OC)c1)S(=O)(=O)c1ccc(C)cc1. The Balaban J connectivity index is 2.08. The number of rotatable bonds is 13. The van der Waals surface area contributed by atoms with Crippen molar-refractivity contribution in [2.75, 3.05) is 24.5 Å². The highest BCUT2D eigenvalue weighted by Crippen LogP contribution is 2.29. The second kappa shape index (κ2) is 14.6. The average molecular weight is 621 g/mol. The van der Waals surface area contributed by atoms with E-state index in [0.717, 1.165) is 16.3 Å². The Morgan fingerprint density at radius 2 is 1.68 bits per heavy atom. The summed E-state index contributed by atoms with van der Waals surface area (Å²) in [6.45, 7) is 5.50. The zero-order valence-corrected chi connectivity index (χ0v) is 25.9. The van der Waals surface area contributed by atoms with Crippen molar-refractivity contribution in [2.24, 2.45) is 0 Å². The Hall–Kier alpha value is -3.27. The number of nitrogens with one attached hydrogen (secondary N) is 1. The Labute approximate surface area is 252 Å². The molecule has 1 atom stereocenters. The second-order valence-electron chi connectivity index (χ2n) is 9.51. The topological polar surface area (TPSA) is 96.0 Å². The number of methoxy groups -OCH3 is 1. The van der Waals surface area contributed by atoms with E-state index in [9.17, 15) is 18.0 Å². The van der Waals surface area contributed by atoms with E-state index in [1.165, 1.54) is 24.1 Å². The van der Waals surface area contributed by atoms with Gasteiger partial charge in [-0.2, -0.15) is 0 Å². The molecular formula is C30H35Cl2N3O5S. The Morgan fingerprint density at radius 1 is 0.976 bits per heavy atom. The second-order valence-corrected chi connectivity index (χ2v) is 12.2. The minimum absolute atomic E-state index is 0.0182. The molecule has 11 heteroatoms. The Kier molecular flexibility index (Phi) is 11.5. The van der Waals surface area contributed by atoms with Gasteiger partial charge in [0.05, 0.1) is 27.7 Å². The van der Waals surface area contributed by atoms with Gasteiger partial charge >= 0.3 is 0 Å². The highest BCUT2D eigenvalue weighted by atomic mass is 35.5. The van der Waals surface area contributed by atoms with Crippen molar-refractivity contribution in [1.82, 2.24) is 10.2 Å². The molecule has 0 spiro atoms. The lowest BCUT2D eigenvalue weighted by atomic mass is 10.1. The molecule has 3 aromatic rings. The maximum Gasteiger partial charge on any atom is 0.264 e. The molecule has 0 saturated heterocycles. The van der Waals surface area contributed by atoms with E-state index in [-0.39, 0.29) is 23.0 Å². The number of anilines is 1. The normalized spacial score (nSPS) is 12.0. The summed E-state index contributed by atoms with van der Waals surface area (Å²) in [6, 6.07) is 17.0. The lowest BCUT2D eigenvalue weighted by Gasteiger charge is -2.33. The van der Waals surface area contributed by atoms with Crippen LogP contribution in [0.1, 0.15) is 37.8 Å². The van der Waals surface area contributed by atoms with Crippen molar-refractivity contribution >= 4 is 50.7 Å². The van der Waals surface area contributed by atoms with Gasteiger partial charge in [0, 0.05) is 19.2 Å². The molecule has 0 fully saturated rings. The van der Waals surface area contributed by atoms with Crippen LogP contribution in [0, 0.1) is 6.92 Å². The fourth-order valence-electron chi connectivity index (χ4n) is 4.25. The summed E-state index contributed by atoms with van der Waals surface area (Å²) in [5.74, 6) is -0.456. The average Bonchev–Trinajstić information content (AvgIpc) is 2.96. The number of amides is 2. The van der Waals surface area contributed by atoms with Crippen LogP contribution in [0.2, 0.25) is 10.0 Å². The molecule has 3 aromatic carbocycles. The van der Waals surface area contributed by atoms with Crippen LogP contribution in [0.25, 0.3) is 0 Å². The number of benzene rings is 3. The number of carbonyl (C=O) groups is 2.